The number of carbonyl (C=O) groups is 5. The van der Waals surface area contributed by atoms with Crippen LogP contribution in [0.4, 0.5) is 0 Å². The van der Waals surface area contributed by atoms with E-state index in [1.54, 1.807) is 0 Å². The van der Waals surface area contributed by atoms with Crippen LogP contribution in [0.1, 0.15) is 110 Å². The van der Waals surface area contributed by atoms with E-state index in [4.69, 9.17) is 23.7 Å². The van der Waals surface area contributed by atoms with Crippen molar-refractivity contribution >= 4 is 84.4 Å². The van der Waals surface area contributed by atoms with Crippen molar-refractivity contribution < 1.29 is 47.7 Å². The van der Waals surface area contributed by atoms with Crippen LogP contribution < -0.4 is 23.7 Å². The van der Waals surface area contributed by atoms with Crippen LogP contribution in [-0.4, -0.2) is 179 Å². The van der Waals surface area contributed by atoms with Gasteiger partial charge in [0.25, 0.3) is 0 Å². The number of rotatable bonds is 26. The summed E-state index contributed by atoms with van der Waals surface area (Å²) in [4.78, 5) is 83.5. The zero-order chi connectivity index (χ0) is 70.7. The minimum Gasteiger partial charge on any atom is -0.426 e. The van der Waals surface area contributed by atoms with Gasteiger partial charge in [-0.15, -0.1) is 0 Å². The average Bonchev–Trinajstić information content (AvgIpc) is 1.74. The average molecular weight is 1330 g/mol. The van der Waals surface area contributed by atoms with Gasteiger partial charge in [0.15, 0.2) is 0 Å². The fraction of sp³-hybridized carbons (Fsp3) is 0.416. The number of nitrogens with zero attached hydrogens (tertiary/aromatic N) is 5. The number of hydrogen-bond acceptors (Lipinski definition) is 15. The number of aromatic amines is 5. The van der Waals surface area contributed by atoms with Crippen LogP contribution in [0, 0.1) is 0 Å². The normalized spacial score (nSPS) is 11.2. The van der Waals surface area contributed by atoms with E-state index in [-0.39, 0.29) is 29.8 Å². The topological polar surface area (TPSA) is 227 Å². The van der Waals surface area contributed by atoms with E-state index in [0.717, 1.165) is 152 Å². The van der Waals surface area contributed by atoms with Crippen molar-refractivity contribution in [1.82, 2.24) is 49.4 Å². The lowest BCUT2D eigenvalue weighted by Crippen LogP contribution is -2.28. The van der Waals surface area contributed by atoms with Crippen LogP contribution in [-0.2, 0) is 56.1 Å². The van der Waals surface area contributed by atoms with Crippen molar-refractivity contribution in [2.24, 2.45) is 0 Å². The molecule has 5 N–H and O–H groups in total. The van der Waals surface area contributed by atoms with Crippen LogP contribution in [0.15, 0.2) is 122 Å². The Labute approximate surface area is 572 Å². The summed E-state index contributed by atoms with van der Waals surface area (Å²) in [5.41, 5.74) is 11.0. The van der Waals surface area contributed by atoms with Gasteiger partial charge in [-0.25, -0.2) is 0 Å². The van der Waals surface area contributed by atoms with E-state index in [1.165, 1.54) is 62.4 Å². The number of ether oxygens (including phenoxy) is 5. The summed E-state index contributed by atoms with van der Waals surface area (Å²) in [6, 6.07) is 29.2. The molecule has 0 radical (unpaired) electrons. The van der Waals surface area contributed by atoms with E-state index in [1.807, 2.05) is 136 Å². The monoisotopic (exact) mass is 1330 g/mol. The molecule has 10 rings (SSSR count). The van der Waals surface area contributed by atoms with Crippen LogP contribution in [0.5, 0.6) is 28.7 Å². The highest BCUT2D eigenvalue weighted by atomic mass is 16.5. The molecule has 5 heterocycles. The van der Waals surface area contributed by atoms with Gasteiger partial charge in [-0.3, -0.25) is 24.0 Å². The van der Waals surface area contributed by atoms with Gasteiger partial charge < -0.3 is 73.1 Å². The standard InChI is InChI=1S/3C16H22N2O2.C15H20N2O2.C14H18N2O2/c1-11(2)18(4)9-8-13-10-17-14-6-5-7-15(16(13)14)20-12(3)19;1-4-9-18(3)10-8-13-11-17-14-6-5-7-15(16(13)14)20-12(2)19;1-4-18(5-2)10-9-13-11-17-14-7-6-8-15(16(13)14)20-12(3)19;1-4-17(3)9-8-12-10-16-13-6-5-7-14(15(12)13)19-11(2)18;1-10(17)18-13-6-4-5-12-14(13)11(9-15-12)7-8-16(2)3/h5-7,10-11,17H,8-9H2,1-4H3;5-7,11,17H,4,8-10H2,1-3H3;6-8,11,17H,4-5,9-10H2,1-3H3;5-7,10,16H,4,8-9H2,1-3H3;4-6,9,15H,7-8H2,1-3H3. The van der Waals surface area contributed by atoms with Crippen LogP contribution in [0.3, 0.4) is 0 Å². The first-order chi connectivity index (χ1) is 46.4. The predicted octanol–water partition coefficient (Wildman–Crippen LogP) is 13.7. The molecule has 5 aromatic carbocycles. The van der Waals surface area contributed by atoms with Gasteiger partial charge in [0.05, 0.1) is 0 Å². The predicted molar refractivity (Wildman–Crippen MR) is 392 cm³/mol. The zero-order valence-corrected chi connectivity index (χ0v) is 60.0. The molecule has 0 fully saturated rings. The number of esters is 5. The number of carbonyl (C=O) groups excluding carboxylic acids is 5. The third-order valence-corrected chi connectivity index (χ3v) is 16.7. The fourth-order valence-corrected chi connectivity index (χ4v) is 11.3. The Balaban J connectivity index is 0.000000192. The molecule has 0 saturated carbocycles. The number of likely N-dealkylation sites (N-methyl/N-ethyl adjacent to an activating group) is 5. The minimum atomic E-state index is -0.290. The minimum absolute atomic E-state index is 0.284. The molecule has 97 heavy (non-hydrogen) atoms. The summed E-state index contributed by atoms with van der Waals surface area (Å²) >= 11 is 0. The molecule has 20 nitrogen and oxygen atoms in total. The molecule has 0 amide bonds. The van der Waals surface area contributed by atoms with Crippen molar-refractivity contribution in [3.8, 4) is 28.7 Å². The Kier molecular flexibility index (Phi) is 30.6. The number of aromatic nitrogens is 5. The third-order valence-electron chi connectivity index (χ3n) is 16.7. The molecule has 522 valence electrons. The number of hydrogen-bond donors (Lipinski definition) is 5. The second-order valence-corrected chi connectivity index (χ2v) is 24.8. The van der Waals surface area contributed by atoms with Gasteiger partial charge in [0, 0.05) is 159 Å². The van der Waals surface area contributed by atoms with Gasteiger partial charge in [-0.2, -0.15) is 0 Å². The molecule has 10 aromatic rings. The van der Waals surface area contributed by atoms with Crippen LogP contribution in [0.25, 0.3) is 54.5 Å². The van der Waals surface area contributed by atoms with Gasteiger partial charge in [-0.1, -0.05) is 58.0 Å². The van der Waals surface area contributed by atoms with Gasteiger partial charge >= 0.3 is 29.8 Å². The summed E-state index contributed by atoms with van der Waals surface area (Å²) in [6.45, 7) is 29.3. The highest BCUT2D eigenvalue weighted by molar-refractivity contribution is 5.95. The number of H-pyrrole nitrogens is 5. The molecule has 0 unspecified atom stereocenters. The largest absolute Gasteiger partial charge is 0.426 e. The van der Waals surface area contributed by atoms with E-state index in [0.29, 0.717) is 34.8 Å². The maximum atomic E-state index is 11.2. The molecule has 0 aliphatic rings. The summed E-state index contributed by atoms with van der Waals surface area (Å²) in [7, 11) is 10.4. The maximum Gasteiger partial charge on any atom is 0.308 e. The lowest BCUT2D eigenvalue weighted by Gasteiger charge is -2.20. The Bertz CT molecular complexity index is 4030. The summed E-state index contributed by atoms with van der Waals surface area (Å²) in [5.74, 6) is 1.77. The quantitative estimate of drug-likeness (QED) is 0.0251. The first kappa shape index (κ1) is 77.0. The SMILES string of the molecule is CC(=O)Oc1cccc2[nH]cc(CCN(C)C(C)C)c12.CC(=O)Oc1cccc2[nH]cc(CCN(C)C)c12.CCCN(C)CCc1c[nH]c2cccc(OC(C)=O)c12.CCN(C)CCc1c[nH]c2cccc(OC(C)=O)c12.CCN(CC)CCc1c[nH]c2cccc(OC(C)=O)c12. The fourth-order valence-electron chi connectivity index (χ4n) is 11.3. The first-order valence-electron chi connectivity index (χ1n) is 33.8. The van der Waals surface area contributed by atoms with Gasteiger partial charge in [-0.05, 0) is 202 Å². The molecule has 20 heteroatoms. The van der Waals surface area contributed by atoms with E-state index in [2.05, 4.69) is 112 Å². The Hall–Kier alpha value is -9.05. The van der Waals surface area contributed by atoms with Crippen molar-refractivity contribution in [3.05, 3.63) is 150 Å². The van der Waals surface area contributed by atoms with E-state index in [9.17, 15) is 24.0 Å². The molecular formula is C77H104N10O10. The molecule has 0 saturated heterocycles. The molecule has 0 aliphatic heterocycles. The lowest BCUT2D eigenvalue weighted by atomic mass is 10.1. The van der Waals surface area contributed by atoms with Crippen molar-refractivity contribution in [2.75, 3.05) is 94.1 Å². The highest BCUT2D eigenvalue weighted by Crippen LogP contribution is 2.34. The van der Waals surface area contributed by atoms with Crippen molar-refractivity contribution in [3.63, 3.8) is 0 Å². The summed E-state index contributed by atoms with van der Waals surface area (Å²) < 4.78 is 26.5. The maximum absolute atomic E-state index is 11.2. The first-order valence-corrected chi connectivity index (χ1v) is 33.8. The van der Waals surface area contributed by atoms with Crippen molar-refractivity contribution in [2.45, 2.75) is 121 Å². The Morgan fingerprint density at radius 3 is 0.866 bits per heavy atom. The Morgan fingerprint density at radius 2 is 0.619 bits per heavy atom. The molecule has 0 spiro atoms. The molecular weight excluding hydrogens is 1220 g/mol. The summed E-state index contributed by atoms with van der Waals surface area (Å²) in [5, 5.41) is 5.08. The van der Waals surface area contributed by atoms with Crippen LogP contribution >= 0.6 is 0 Å². The van der Waals surface area contributed by atoms with E-state index >= 15 is 0 Å². The lowest BCUT2D eigenvalue weighted by molar-refractivity contribution is -0.132. The van der Waals surface area contributed by atoms with Crippen molar-refractivity contribution in [1.29, 1.82) is 0 Å². The number of nitrogens with one attached hydrogen (secondary N) is 5. The second-order valence-electron chi connectivity index (χ2n) is 24.8. The van der Waals surface area contributed by atoms with Gasteiger partial charge in [0.2, 0.25) is 0 Å². The number of fused-ring (bicyclic) bond motifs is 5. The highest BCUT2D eigenvalue weighted by Gasteiger charge is 2.18. The van der Waals surface area contributed by atoms with Gasteiger partial charge in [0.1, 0.15) is 28.7 Å². The zero-order valence-electron chi connectivity index (χ0n) is 60.0. The molecule has 0 bridgehead atoms. The summed E-state index contributed by atoms with van der Waals surface area (Å²) in [6.07, 6.45) is 15.8. The smallest absolute Gasteiger partial charge is 0.308 e. The Morgan fingerprint density at radius 1 is 0.351 bits per heavy atom. The molecule has 5 aromatic heterocycles. The second kappa shape index (κ2) is 38.6. The number of benzene rings is 5. The molecule has 0 atom stereocenters. The van der Waals surface area contributed by atoms with E-state index < -0.39 is 0 Å². The molecule has 0 aliphatic carbocycles. The van der Waals surface area contributed by atoms with Crippen LogP contribution in [0.2, 0.25) is 0 Å². The third kappa shape index (κ3) is 23.3.